The molecule has 5 rings (SSSR count). The molecule has 0 aromatic carbocycles. The molecule has 0 atom stereocenters. The van der Waals surface area contributed by atoms with Gasteiger partial charge in [-0.1, -0.05) is 6.85 Å². The Morgan fingerprint density at radius 3 is 2.88 bits per heavy atom. The van der Waals surface area contributed by atoms with E-state index in [0.29, 0.717) is 18.1 Å². The van der Waals surface area contributed by atoms with Crippen LogP contribution in [-0.2, 0) is 18.4 Å². The summed E-state index contributed by atoms with van der Waals surface area (Å²) < 4.78 is 22.5. The van der Waals surface area contributed by atoms with E-state index in [9.17, 15) is 9.59 Å². The molecule has 1 fully saturated rings. The van der Waals surface area contributed by atoms with Crippen molar-refractivity contribution in [3.05, 3.63) is 35.8 Å². The molecule has 0 bridgehead atoms. The van der Waals surface area contributed by atoms with E-state index < -0.39 is 19.1 Å². The fourth-order valence-corrected chi connectivity index (χ4v) is 3.84. The number of hydrogen-bond donors (Lipinski definition) is 2. The van der Waals surface area contributed by atoms with E-state index in [1.54, 1.807) is 13.2 Å². The Hall–Kier alpha value is -3.82. The van der Waals surface area contributed by atoms with Crippen molar-refractivity contribution in [1.82, 2.24) is 25.0 Å². The van der Waals surface area contributed by atoms with E-state index in [2.05, 4.69) is 30.8 Å². The Bertz CT molecular complexity index is 1330. The van der Waals surface area contributed by atoms with Gasteiger partial charge in [-0.2, -0.15) is 15.0 Å². The zero-order chi connectivity index (χ0) is 24.9. The molecule has 1 aliphatic carbocycles. The van der Waals surface area contributed by atoms with Gasteiger partial charge in [0.25, 0.3) is 0 Å². The van der Waals surface area contributed by atoms with Gasteiger partial charge in [-0.05, 0) is 18.9 Å². The number of carbonyl (C=O) groups excluding carboxylic acids is 2. The molecule has 1 saturated carbocycles. The molecule has 3 aromatic rings. The van der Waals surface area contributed by atoms with Crippen molar-refractivity contribution in [2.75, 3.05) is 22.6 Å². The molecule has 1 amide bonds. The van der Waals surface area contributed by atoms with Crippen LogP contribution in [-0.4, -0.2) is 43.7 Å². The Balaban J connectivity index is 1.54. The van der Waals surface area contributed by atoms with Gasteiger partial charge in [-0.25, -0.2) is 9.97 Å². The number of aryl methyl sites for hydroxylation is 1. The molecular formula is C22H24N8O2. The molecule has 32 heavy (non-hydrogen) atoms. The van der Waals surface area contributed by atoms with Crippen LogP contribution in [0.3, 0.4) is 0 Å². The maximum Gasteiger partial charge on any atom is 0.228 e. The number of hydrogen-bond acceptors (Lipinski definition) is 8. The maximum atomic E-state index is 12.9. The van der Waals surface area contributed by atoms with E-state index in [1.807, 2.05) is 18.0 Å². The lowest BCUT2D eigenvalue weighted by Gasteiger charge is -2.28. The summed E-state index contributed by atoms with van der Waals surface area (Å²) in [6.45, 7) is -1.92. The van der Waals surface area contributed by atoms with Gasteiger partial charge >= 0.3 is 0 Å². The second-order valence-corrected chi connectivity index (χ2v) is 8.00. The molecule has 0 saturated heterocycles. The molecule has 164 valence electrons. The van der Waals surface area contributed by atoms with Gasteiger partial charge in [0.05, 0.1) is 23.5 Å². The van der Waals surface area contributed by atoms with E-state index in [0.717, 1.165) is 35.5 Å². The lowest BCUT2D eigenvalue weighted by atomic mass is 10.0. The Labute approximate surface area is 189 Å². The molecule has 10 nitrogen and oxygen atoms in total. The van der Waals surface area contributed by atoms with E-state index >= 15 is 0 Å². The summed E-state index contributed by atoms with van der Waals surface area (Å²) in [4.78, 5) is 37.3. The zero-order valence-corrected chi connectivity index (χ0v) is 17.7. The Morgan fingerprint density at radius 2 is 2.09 bits per heavy atom. The van der Waals surface area contributed by atoms with Gasteiger partial charge in [0, 0.05) is 54.6 Å². The summed E-state index contributed by atoms with van der Waals surface area (Å²) in [6, 6.07) is 3.38. The van der Waals surface area contributed by atoms with Crippen LogP contribution in [0.1, 0.15) is 46.3 Å². The largest absolute Gasteiger partial charge is 0.365 e. The number of Topliss-reactive ketones (excluding diaryl/α,β-unsaturated/α-hetero) is 1. The number of ketones is 1. The van der Waals surface area contributed by atoms with Crippen molar-refractivity contribution < 1.29 is 13.7 Å². The number of nitrogens with one attached hydrogen (secondary N) is 2. The van der Waals surface area contributed by atoms with E-state index in [1.165, 1.54) is 17.1 Å². The quantitative estimate of drug-likeness (QED) is 0.568. The number of rotatable bonds is 6. The summed E-state index contributed by atoms with van der Waals surface area (Å²) in [5, 5.41) is 14.9. The minimum absolute atomic E-state index is 0.0253. The van der Waals surface area contributed by atoms with Crippen LogP contribution < -0.4 is 15.5 Å². The van der Waals surface area contributed by atoms with Crippen molar-refractivity contribution >= 4 is 34.7 Å². The summed E-state index contributed by atoms with van der Waals surface area (Å²) in [5.74, 6) is -0.0218. The normalized spacial score (nSPS) is 16.3. The molecule has 0 spiro atoms. The third kappa shape index (κ3) is 3.57. The number of amides is 1. The number of carbonyl (C=O) groups is 2. The van der Waals surface area contributed by atoms with E-state index in [-0.39, 0.29) is 23.2 Å². The number of fused-ring (bicyclic) bond motifs is 3. The van der Waals surface area contributed by atoms with Gasteiger partial charge in [0.1, 0.15) is 17.2 Å². The molecule has 1 aliphatic heterocycles. The van der Waals surface area contributed by atoms with Gasteiger partial charge in [-0.3, -0.25) is 9.59 Å². The van der Waals surface area contributed by atoms with Crippen molar-refractivity contribution in [3.63, 3.8) is 0 Å². The summed E-state index contributed by atoms with van der Waals surface area (Å²) in [6.07, 6.45) is 3.95. The average molecular weight is 436 g/mol. The first-order valence-electron chi connectivity index (χ1n) is 11.8. The molecule has 2 N–H and O–H groups in total. The fraction of sp³-hybridized carbons (Fsp3) is 0.364. The summed E-state index contributed by atoms with van der Waals surface area (Å²) >= 11 is 0. The van der Waals surface area contributed by atoms with Gasteiger partial charge in [0.15, 0.2) is 11.6 Å². The SMILES string of the molecule is [2H]C([2H])([2H])CC(=O)c1cnc(NC(=O)C2CC2)cc1Nc1nccc2c1N(C)Cc1nn(C)nc1-2. The third-order valence-corrected chi connectivity index (χ3v) is 5.55. The molecular weight excluding hydrogens is 408 g/mol. The van der Waals surface area contributed by atoms with Crippen molar-refractivity contribution in [1.29, 1.82) is 0 Å². The molecule has 0 radical (unpaired) electrons. The van der Waals surface area contributed by atoms with Crippen molar-refractivity contribution in [2.24, 2.45) is 13.0 Å². The topological polar surface area (TPSA) is 118 Å². The standard InChI is InChI=1S/C22H24N8O2/c1-4-17(31)14-10-24-18(26-22(32)12-5-6-12)9-15(14)25-21-20-13(7-8-23-21)19-16(11-29(20)2)27-30(3)28-19/h7-10,12H,4-6,11H2,1-3H3,(H2,23,24,25,26,32)/i1D3. The van der Waals surface area contributed by atoms with Crippen LogP contribution in [0.5, 0.6) is 0 Å². The highest BCUT2D eigenvalue weighted by Crippen LogP contribution is 2.41. The average Bonchev–Trinajstić information content (AvgIpc) is 3.55. The molecule has 0 unspecified atom stereocenters. The summed E-state index contributed by atoms with van der Waals surface area (Å²) in [7, 11) is 3.66. The Morgan fingerprint density at radius 1 is 1.25 bits per heavy atom. The zero-order valence-electron chi connectivity index (χ0n) is 20.7. The predicted octanol–water partition coefficient (Wildman–Crippen LogP) is 2.91. The third-order valence-electron chi connectivity index (χ3n) is 5.55. The lowest BCUT2D eigenvalue weighted by molar-refractivity contribution is -0.117. The fourth-order valence-electron chi connectivity index (χ4n) is 3.84. The molecule has 2 aliphatic rings. The first-order chi connectivity index (χ1) is 16.6. The second kappa shape index (κ2) is 7.70. The van der Waals surface area contributed by atoms with Crippen LogP contribution >= 0.6 is 0 Å². The van der Waals surface area contributed by atoms with Crippen LogP contribution in [0.25, 0.3) is 11.3 Å². The maximum absolute atomic E-state index is 12.9. The number of pyridine rings is 2. The number of nitrogens with zero attached hydrogens (tertiary/aromatic N) is 6. The highest BCUT2D eigenvalue weighted by atomic mass is 16.2. The van der Waals surface area contributed by atoms with Crippen molar-refractivity contribution in [2.45, 2.75) is 32.7 Å². The van der Waals surface area contributed by atoms with Gasteiger partial charge < -0.3 is 15.5 Å². The van der Waals surface area contributed by atoms with Crippen LogP contribution in [0.2, 0.25) is 0 Å². The van der Waals surface area contributed by atoms with Crippen LogP contribution in [0.15, 0.2) is 24.5 Å². The van der Waals surface area contributed by atoms with Gasteiger partial charge in [-0.15, -0.1) is 0 Å². The van der Waals surface area contributed by atoms with Crippen LogP contribution in [0.4, 0.5) is 23.0 Å². The summed E-state index contributed by atoms with van der Waals surface area (Å²) in [5.41, 5.74) is 3.57. The minimum Gasteiger partial charge on any atom is -0.365 e. The molecule has 4 heterocycles. The van der Waals surface area contributed by atoms with Gasteiger partial charge in [0.2, 0.25) is 5.91 Å². The minimum atomic E-state index is -2.43. The smallest absolute Gasteiger partial charge is 0.228 e. The lowest BCUT2D eigenvalue weighted by Crippen LogP contribution is -2.23. The number of aromatic nitrogens is 5. The monoisotopic (exact) mass is 435 g/mol. The van der Waals surface area contributed by atoms with E-state index in [4.69, 9.17) is 4.11 Å². The highest BCUT2D eigenvalue weighted by molar-refractivity contribution is 6.03. The highest BCUT2D eigenvalue weighted by Gasteiger charge is 2.30. The Kier molecular flexibility index (Phi) is 4.05. The van der Waals surface area contributed by atoms with Crippen LogP contribution in [0, 0.1) is 5.92 Å². The predicted molar refractivity (Wildman–Crippen MR) is 120 cm³/mol. The first-order valence-corrected chi connectivity index (χ1v) is 10.3. The van der Waals surface area contributed by atoms with Crippen molar-refractivity contribution in [3.8, 4) is 11.3 Å². The molecule has 3 aromatic heterocycles. The first kappa shape index (κ1) is 16.8. The second-order valence-electron chi connectivity index (χ2n) is 8.00. The molecule has 10 heteroatoms. The number of anilines is 4.